The van der Waals surface area contributed by atoms with Crippen molar-refractivity contribution in [3.05, 3.63) is 18.2 Å². The molecule has 3 aliphatic heterocycles. The number of aryl methyl sites for hydroxylation is 2. The average Bonchev–Trinajstić information content (AvgIpc) is 3.32. The molecule has 6 heteroatoms. The molecule has 0 saturated carbocycles. The smallest absolute Gasteiger partial charge is 0.222 e. The van der Waals surface area contributed by atoms with Crippen LogP contribution in [0.5, 0.6) is 0 Å². The number of carbonyl (C=O) groups excluding carboxylic acids is 1. The summed E-state index contributed by atoms with van der Waals surface area (Å²) in [6, 6.07) is 0. The van der Waals surface area contributed by atoms with E-state index in [-0.39, 0.29) is 6.10 Å². The number of nitrogens with zero attached hydrogens (tertiary/aromatic N) is 4. The second-order valence-corrected chi connectivity index (χ2v) is 8.77. The average molecular weight is 375 g/mol. The third kappa shape index (κ3) is 4.54. The van der Waals surface area contributed by atoms with Crippen LogP contribution in [-0.4, -0.2) is 70.7 Å². The Morgan fingerprint density at radius 3 is 2.81 bits per heavy atom. The van der Waals surface area contributed by atoms with Crippen molar-refractivity contribution in [2.24, 2.45) is 5.41 Å². The van der Waals surface area contributed by atoms with Crippen molar-refractivity contribution in [1.82, 2.24) is 19.4 Å². The van der Waals surface area contributed by atoms with Gasteiger partial charge in [-0.2, -0.15) is 0 Å². The van der Waals surface area contributed by atoms with E-state index in [0.29, 0.717) is 11.3 Å². The van der Waals surface area contributed by atoms with Crippen LogP contribution in [0.25, 0.3) is 0 Å². The number of carbonyl (C=O) groups is 1. The van der Waals surface area contributed by atoms with Gasteiger partial charge in [0.05, 0.1) is 6.10 Å². The SMILES string of the molecule is Cc1nccn1CCCN1CCC2(CCC(=O)N(CC3CCCO3)C2)CC1. The Morgan fingerprint density at radius 1 is 1.26 bits per heavy atom. The Hall–Kier alpha value is -1.40. The molecule has 0 aliphatic carbocycles. The van der Waals surface area contributed by atoms with Crippen LogP contribution >= 0.6 is 0 Å². The Balaban J connectivity index is 1.23. The molecule has 0 radical (unpaired) electrons. The van der Waals surface area contributed by atoms with Crippen LogP contribution in [0.2, 0.25) is 0 Å². The summed E-state index contributed by atoms with van der Waals surface area (Å²) in [4.78, 5) is 21.4. The van der Waals surface area contributed by atoms with E-state index in [1.807, 2.05) is 6.20 Å². The summed E-state index contributed by atoms with van der Waals surface area (Å²) in [6.45, 7) is 9.25. The Labute approximate surface area is 162 Å². The molecule has 1 atom stereocenters. The number of aromatic nitrogens is 2. The number of piperidine rings is 2. The number of hydrogen-bond acceptors (Lipinski definition) is 4. The molecule has 0 N–H and O–H groups in total. The van der Waals surface area contributed by atoms with Gasteiger partial charge in [-0.05, 0) is 70.5 Å². The largest absolute Gasteiger partial charge is 0.376 e. The van der Waals surface area contributed by atoms with Gasteiger partial charge in [0.15, 0.2) is 0 Å². The summed E-state index contributed by atoms with van der Waals surface area (Å²) in [5, 5.41) is 0. The highest BCUT2D eigenvalue weighted by molar-refractivity contribution is 5.77. The topological polar surface area (TPSA) is 50.6 Å². The highest BCUT2D eigenvalue weighted by Gasteiger charge is 2.41. The Bertz CT molecular complexity index is 630. The fourth-order valence-electron chi connectivity index (χ4n) is 5.07. The van der Waals surface area contributed by atoms with Gasteiger partial charge in [-0.15, -0.1) is 0 Å². The number of likely N-dealkylation sites (tertiary alicyclic amines) is 2. The molecule has 1 aromatic rings. The number of amides is 1. The van der Waals surface area contributed by atoms with Crippen molar-refractivity contribution in [3.63, 3.8) is 0 Å². The number of hydrogen-bond donors (Lipinski definition) is 0. The predicted molar refractivity (Wildman–Crippen MR) is 104 cm³/mol. The van der Waals surface area contributed by atoms with Gasteiger partial charge in [0.2, 0.25) is 5.91 Å². The molecule has 27 heavy (non-hydrogen) atoms. The van der Waals surface area contributed by atoms with Gasteiger partial charge in [-0.1, -0.05) is 0 Å². The molecule has 3 saturated heterocycles. The highest BCUT2D eigenvalue weighted by atomic mass is 16.5. The van der Waals surface area contributed by atoms with Crippen LogP contribution in [0.4, 0.5) is 0 Å². The van der Waals surface area contributed by atoms with E-state index < -0.39 is 0 Å². The van der Waals surface area contributed by atoms with E-state index >= 15 is 0 Å². The molecule has 1 aromatic heterocycles. The van der Waals surface area contributed by atoms with E-state index in [1.165, 1.54) is 32.4 Å². The van der Waals surface area contributed by atoms with Crippen LogP contribution in [0.1, 0.15) is 50.8 Å². The van der Waals surface area contributed by atoms with E-state index in [0.717, 1.165) is 64.3 Å². The molecule has 3 aliphatic rings. The number of ether oxygens (including phenoxy) is 1. The van der Waals surface area contributed by atoms with E-state index in [4.69, 9.17) is 4.74 Å². The molecule has 1 amide bonds. The Kier molecular flexibility index (Phi) is 5.83. The minimum atomic E-state index is 0.274. The molecular formula is C21H34N4O2. The lowest BCUT2D eigenvalue weighted by atomic mass is 9.72. The molecule has 3 fully saturated rings. The first kappa shape index (κ1) is 18.9. The molecular weight excluding hydrogens is 340 g/mol. The summed E-state index contributed by atoms with van der Waals surface area (Å²) < 4.78 is 8.01. The summed E-state index contributed by atoms with van der Waals surface area (Å²) in [6.07, 6.45) is 11.9. The van der Waals surface area contributed by atoms with Crippen molar-refractivity contribution >= 4 is 5.91 Å². The standard InChI is InChI=1S/C21H34N4O2/c1-18-22-9-14-24(18)11-3-10-23-12-7-21(8-13-23)6-5-20(26)25(17-21)16-19-4-2-15-27-19/h9,14,19H,2-8,10-13,15-17H2,1H3. The van der Waals surface area contributed by atoms with Gasteiger partial charge in [0.1, 0.15) is 5.82 Å². The van der Waals surface area contributed by atoms with Crippen molar-refractivity contribution in [3.8, 4) is 0 Å². The van der Waals surface area contributed by atoms with Crippen molar-refractivity contribution < 1.29 is 9.53 Å². The van der Waals surface area contributed by atoms with Crippen LogP contribution < -0.4 is 0 Å². The zero-order chi connectivity index (χ0) is 18.7. The molecule has 0 aromatic carbocycles. The second-order valence-electron chi connectivity index (χ2n) is 8.77. The maximum Gasteiger partial charge on any atom is 0.222 e. The highest BCUT2D eigenvalue weighted by Crippen LogP contribution is 2.40. The summed E-state index contributed by atoms with van der Waals surface area (Å²) in [5.74, 6) is 1.44. The predicted octanol–water partition coefficient (Wildman–Crippen LogP) is 2.47. The maximum atomic E-state index is 12.4. The summed E-state index contributed by atoms with van der Waals surface area (Å²) >= 11 is 0. The van der Waals surface area contributed by atoms with E-state index in [9.17, 15) is 4.79 Å². The summed E-state index contributed by atoms with van der Waals surface area (Å²) in [7, 11) is 0. The normalized spacial score (nSPS) is 26.2. The van der Waals surface area contributed by atoms with Gasteiger partial charge >= 0.3 is 0 Å². The zero-order valence-corrected chi connectivity index (χ0v) is 16.7. The van der Waals surface area contributed by atoms with Gasteiger partial charge in [-0.3, -0.25) is 4.79 Å². The molecule has 6 nitrogen and oxygen atoms in total. The maximum absolute atomic E-state index is 12.4. The first-order valence-corrected chi connectivity index (χ1v) is 10.7. The van der Waals surface area contributed by atoms with Gasteiger partial charge in [0, 0.05) is 45.1 Å². The number of rotatable bonds is 6. The second kappa shape index (κ2) is 8.31. The van der Waals surface area contributed by atoms with Crippen molar-refractivity contribution in [2.45, 2.75) is 64.5 Å². The first-order valence-electron chi connectivity index (χ1n) is 10.7. The van der Waals surface area contributed by atoms with E-state index in [1.54, 1.807) is 0 Å². The number of imidazole rings is 1. The van der Waals surface area contributed by atoms with Crippen LogP contribution in [0.15, 0.2) is 12.4 Å². The minimum Gasteiger partial charge on any atom is -0.376 e. The lowest BCUT2D eigenvalue weighted by Gasteiger charge is -2.48. The Morgan fingerprint density at radius 2 is 2.11 bits per heavy atom. The van der Waals surface area contributed by atoms with Crippen molar-refractivity contribution in [2.75, 3.05) is 39.3 Å². The first-order chi connectivity index (χ1) is 13.1. The third-order valence-electron chi connectivity index (χ3n) is 6.91. The monoisotopic (exact) mass is 374 g/mol. The zero-order valence-electron chi connectivity index (χ0n) is 16.7. The van der Waals surface area contributed by atoms with Gasteiger partial charge in [0.25, 0.3) is 0 Å². The molecule has 4 heterocycles. The molecule has 0 bridgehead atoms. The van der Waals surface area contributed by atoms with Crippen molar-refractivity contribution in [1.29, 1.82) is 0 Å². The summed E-state index contributed by atoms with van der Waals surface area (Å²) in [5.41, 5.74) is 0.351. The molecule has 4 rings (SSSR count). The quantitative estimate of drug-likeness (QED) is 0.768. The minimum absolute atomic E-state index is 0.274. The molecule has 1 unspecified atom stereocenters. The van der Waals surface area contributed by atoms with Crippen LogP contribution in [0.3, 0.4) is 0 Å². The third-order valence-corrected chi connectivity index (χ3v) is 6.91. The van der Waals surface area contributed by atoms with Crippen LogP contribution in [-0.2, 0) is 16.1 Å². The fourth-order valence-corrected chi connectivity index (χ4v) is 5.07. The molecule has 1 spiro atoms. The fraction of sp³-hybridized carbons (Fsp3) is 0.810. The van der Waals surface area contributed by atoms with Crippen LogP contribution in [0, 0.1) is 12.3 Å². The lowest BCUT2D eigenvalue weighted by molar-refractivity contribution is -0.141. The lowest BCUT2D eigenvalue weighted by Crippen LogP contribution is -2.53. The van der Waals surface area contributed by atoms with Gasteiger partial charge in [-0.25, -0.2) is 4.98 Å². The molecule has 150 valence electrons. The van der Waals surface area contributed by atoms with Gasteiger partial charge < -0.3 is 19.1 Å². The van der Waals surface area contributed by atoms with E-state index in [2.05, 4.69) is 32.5 Å².